The maximum atomic E-state index is 11.8. The second kappa shape index (κ2) is 5.15. The highest BCUT2D eigenvalue weighted by atomic mass is 19.3. The standard InChI is InChI=1S/C9H9F2N3O2/c1-5-2-3-6(4-12-5)8(15)13-14-9(16)7(10)11/h2-4,7H,1H3,(H,13,15)(H,14,16). The van der Waals surface area contributed by atoms with Crippen molar-refractivity contribution in [2.75, 3.05) is 0 Å². The monoisotopic (exact) mass is 229 g/mol. The summed E-state index contributed by atoms with van der Waals surface area (Å²) in [7, 11) is 0. The molecule has 0 radical (unpaired) electrons. The third kappa shape index (κ3) is 3.26. The number of halogens is 2. The van der Waals surface area contributed by atoms with Gasteiger partial charge in [-0.15, -0.1) is 0 Å². The molecule has 86 valence electrons. The average Bonchev–Trinajstić information content (AvgIpc) is 2.26. The number of aromatic nitrogens is 1. The first-order valence-electron chi connectivity index (χ1n) is 4.31. The van der Waals surface area contributed by atoms with Gasteiger partial charge in [0, 0.05) is 11.9 Å². The highest BCUT2D eigenvalue weighted by Gasteiger charge is 2.15. The molecule has 5 nitrogen and oxygen atoms in total. The van der Waals surface area contributed by atoms with Gasteiger partial charge in [-0.05, 0) is 19.1 Å². The van der Waals surface area contributed by atoms with Gasteiger partial charge in [-0.3, -0.25) is 25.4 Å². The van der Waals surface area contributed by atoms with Gasteiger partial charge in [-0.25, -0.2) is 0 Å². The van der Waals surface area contributed by atoms with Crippen LogP contribution in [0.4, 0.5) is 8.78 Å². The van der Waals surface area contributed by atoms with Crippen molar-refractivity contribution in [1.82, 2.24) is 15.8 Å². The summed E-state index contributed by atoms with van der Waals surface area (Å²) in [5.41, 5.74) is 4.30. The Hall–Kier alpha value is -2.05. The van der Waals surface area contributed by atoms with Gasteiger partial charge in [0.15, 0.2) is 0 Å². The van der Waals surface area contributed by atoms with Crippen LogP contribution >= 0.6 is 0 Å². The number of carbonyl (C=O) groups is 2. The van der Waals surface area contributed by atoms with Gasteiger partial charge in [0.1, 0.15) is 0 Å². The van der Waals surface area contributed by atoms with Crippen molar-refractivity contribution >= 4 is 11.8 Å². The molecule has 16 heavy (non-hydrogen) atoms. The molecular weight excluding hydrogens is 220 g/mol. The van der Waals surface area contributed by atoms with Crippen LogP contribution in [0.5, 0.6) is 0 Å². The lowest BCUT2D eigenvalue weighted by Crippen LogP contribution is -2.44. The highest BCUT2D eigenvalue weighted by molar-refractivity contribution is 5.95. The molecule has 0 fully saturated rings. The van der Waals surface area contributed by atoms with Crippen molar-refractivity contribution in [3.63, 3.8) is 0 Å². The van der Waals surface area contributed by atoms with E-state index in [0.717, 1.165) is 0 Å². The molecule has 0 aliphatic heterocycles. The fourth-order valence-electron chi connectivity index (χ4n) is 0.847. The number of alkyl halides is 2. The molecule has 1 aromatic heterocycles. The van der Waals surface area contributed by atoms with Crippen LogP contribution in [0.25, 0.3) is 0 Å². The maximum absolute atomic E-state index is 11.8. The van der Waals surface area contributed by atoms with Crippen LogP contribution in [0.3, 0.4) is 0 Å². The Labute approximate surface area is 89.8 Å². The Balaban J connectivity index is 2.53. The minimum atomic E-state index is -3.17. The van der Waals surface area contributed by atoms with Gasteiger partial charge in [0.25, 0.3) is 5.91 Å². The molecule has 0 aromatic carbocycles. The number of nitrogens with one attached hydrogen (secondary N) is 2. The molecule has 1 aromatic rings. The molecule has 1 rings (SSSR count). The molecule has 0 aliphatic carbocycles. The predicted octanol–water partition coefficient (Wildman–Crippen LogP) is 0.416. The zero-order valence-corrected chi connectivity index (χ0v) is 8.33. The van der Waals surface area contributed by atoms with E-state index in [2.05, 4.69) is 4.98 Å². The summed E-state index contributed by atoms with van der Waals surface area (Å²) in [6.45, 7) is 1.74. The van der Waals surface area contributed by atoms with Crippen LogP contribution in [0.2, 0.25) is 0 Å². The summed E-state index contributed by atoms with van der Waals surface area (Å²) in [5.74, 6) is -2.27. The summed E-state index contributed by atoms with van der Waals surface area (Å²) >= 11 is 0. The smallest absolute Gasteiger partial charge is 0.267 e. The van der Waals surface area contributed by atoms with Crippen molar-refractivity contribution in [1.29, 1.82) is 0 Å². The first-order chi connectivity index (χ1) is 7.50. The number of hydrogen-bond donors (Lipinski definition) is 2. The Bertz CT molecular complexity index is 392. The Morgan fingerprint density at radius 2 is 2.00 bits per heavy atom. The Morgan fingerprint density at radius 3 is 2.50 bits per heavy atom. The highest BCUT2D eigenvalue weighted by Crippen LogP contribution is 1.98. The fraction of sp³-hybridized carbons (Fsp3) is 0.222. The molecule has 0 saturated carbocycles. The quantitative estimate of drug-likeness (QED) is 0.722. The van der Waals surface area contributed by atoms with E-state index in [1.807, 2.05) is 5.43 Å². The van der Waals surface area contributed by atoms with Crippen LogP contribution in [0, 0.1) is 6.92 Å². The Morgan fingerprint density at radius 1 is 1.31 bits per heavy atom. The zero-order valence-electron chi connectivity index (χ0n) is 8.33. The number of hydrazine groups is 1. The second-order valence-corrected chi connectivity index (χ2v) is 2.93. The number of carbonyl (C=O) groups excluding carboxylic acids is 2. The number of pyridine rings is 1. The van der Waals surface area contributed by atoms with Crippen molar-refractivity contribution < 1.29 is 18.4 Å². The lowest BCUT2D eigenvalue weighted by Gasteiger charge is -2.06. The third-order valence-electron chi connectivity index (χ3n) is 1.67. The van der Waals surface area contributed by atoms with Crippen LogP contribution < -0.4 is 10.9 Å². The molecule has 0 aliphatic rings. The van der Waals surface area contributed by atoms with Gasteiger partial charge in [-0.1, -0.05) is 0 Å². The van der Waals surface area contributed by atoms with E-state index in [-0.39, 0.29) is 5.56 Å². The molecule has 0 saturated heterocycles. The summed E-state index contributed by atoms with van der Waals surface area (Å²) in [4.78, 5) is 25.6. The SMILES string of the molecule is Cc1ccc(C(=O)NNC(=O)C(F)F)cn1. The largest absolute Gasteiger partial charge is 0.317 e. The van der Waals surface area contributed by atoms with Crippen LogP contribution in [-0.2, 0) is 4.79 Å². The topological polar surface area (TPSA) is 71.1 Å². The van der Waals surface area contributed by atoms with Crippen LogP contribution in [-0.4, -0.2) is 23.2 Å². The number of aryl methyl sites for hydroxylation is 1. The molecular formula is C9H9F2N3O2. The summed E-state index contributed by atoms with van der Waals surface area (Å²) < 4.78 is 23.5. The van der Waals surface area contributed by atoms with E-state index >= 15 is 0 Å². The van der Waals surface area contributed by atoms with Gasteiger partial charge in [0.05, 0.1) is 5.56 Å². The number of nitrogens with zero attached hydrogens (tertiary/aromatic N) is 1. The van der Waals surface area contributed by atoms with E-state index < -0.39 is 18.2 Å². The van der Waals surface area contributed by atoms with Crippen LogP contribution in [0.15, 0.2) is 18.3 Å². The minimum absolute atomic E-state index is 0.167. The van der Waals surface area contributed by atoms with Crippen molar-refractivity contribution in [3.05, 3.63) is 29.6 Å². The second-order valence-electron chi connectivity index (χ2n) is 2.93. The normalized spacial score (nSPS) is 10.0. The number of rotatable bonds is 2. The maximum Gasteiger partial charge on any atom is 0.317 e. The lowest BCUT2D eigenvalue weighted by atomic mass is 10.2. The van der Waals surface area contributed by atoms with Gasteiger partial charge in [-0.2, -0.15) is 8.78 Å². The fourth-order valence-corrected chi connectivity index (χ4v) is 0.847. The molecule has 2 N–H and O–H groups in total. The molecule has 7 heteroatoms. The van der Waals surface area contributed by atoms with Crippen molar-refractivity contribution in [2.24, 2.45) is 0 Å². The van der Waals surface area contributed by atoms with E-state index in [0.29, 0.717) is 5.69 Å². The predicted molar refractivity (Wildman–Crippen MR) is 50.6 cm³/mol. The number of hydrogen-bond acceptors (Lipinski definition) is 3. The van der Waals surface area contributed by atoms with E-state index in [4.69, 9.17) is 0 Å². The van der Waals surface area contributed by atoms with E-state index in [9.17, 15) is 18.4 Å². The summed E-state index contributed by atoms with van der Waals surface area (Å²) in [6.07, 6.45) is -1.89. The summed E-state index contributed by atoms with van der Waals surface area (Å²) in [5, 5.41) is 0. The number of amides is 2. The third-order valence-corrected chi connectivity index (χ3v) is 1.67. The molecule has 0 unspecified atom stereocenters. The van der Waals surface area contributed by atoms with Gasteiger partial charge in [0.2, 0.25) is 0 Å². The first kappa shape index (κ1) is 12.0. The average molecular weight is 229 g/mol. The van der Waals surface area contributed by atoms with Gasteiger partial charge < -0.3 is 0 Å². The first-order valence-corrected chi connectivity index (χ1v) is 4.31. The molecule has 1 heterocycles. The molecule has 0 atom stereocenters. The van der Waals surface area contributed by atoms with Crippen molar-refractivity contribution in [3.8, 4) is 0 Å². The zero-order chi connectivity index (χ0) is 12.1. The lowest BCUT2D eigenvalue weighted by molar-refractivity contribution is -0.132. The molecule has 2 amide bonds. The van der Waals surface area contributed by atoms with Crippen molar-refractivity contribution in [2.45, 2.75) is 13.3 Å². The van der Waals surface area contributed by atoms with Gasteiger partial charge >= 0.3 is 12.3 Å². The summed E-state index contributed by atoms with van der Waals surface area (Å²) in [6, 6.07) is 3.05. The molecule has 0 spiro atoms. The minimum Gasteiger partial charge on any atom is -0.267 e. The molecule has 0 bridgehead atoms. The van der Waals surface area contributed by atoms with E-state index in [1.54, 1.807) is 18.4 Å². The van der Waals surface area contributed by atoms with E-state index in [1.165, 1.54) is 12.3 Å². The Kier molecular flexibility index (Phi) is 3.87. The van der Waals surface area contributed by atoms with Crippen LogP contribution in [0.1, 0.15) is 16.1 Å².